The summed E-state index contributed by atoms with van der Waals surface area (Å²) in [5, 5.41) is 0. The van der Waals surface area contributed by atoms with Gasteiger partial charge in [-0.1, -0.05) is 6.07 Å². The first-order valence-corrected chi connectivity index (χ1v) is 6.20. The fraction of sp³-hybridized carbons (Fsp3) is 0.571. The Morgan fingerprint density at radius 2 is 1.67 bits per heavy atom. The molecule has 0 saturated carbocycles. The second kappa shape index (κ2) is 7.95. The van der Waals surface area contributed by atoms with Crippen LogP contribution in [0.2, 0.25) is 0 Å². The number of benzene rings is 1. The molecular formula is C14H23NO3. The molecule has 1 rings (SSSR count). The van der Waals surface area contributed by atoms with Crippen molar-refractivity contribution >= 4 is 0 Å². The highest BCUT2D eigenvalue weighted by Gasteiger charge is 2.16. The quantitative estimate of drug-likeness (QED) is 0.723. The van der Waals surface area contributed by atoms with E-state index in [1.807, 2.05) is 18.2 Å². The summed E-state index contributed by atoms with van der Waals surface area (Å²) in [6.45, 7) is 0.774. The van der Waals surface area contributed by atoms with Gasteiger partial charge in [-0.05, 0) is 31.4 Å². The Hall–Kier alpha value is -1.26. The van der Waals surface area contributed by atoms with E-state index in [4.69, 9.17) is 19.9 Å². The summed E-state index contributed by atoms with van der Waals surface area (Å²) in [6, 6.07) is 5.64. The number of ether oxygens (including phenoxy) is 3. The highest BCUT2D eigenvalue weighted by Crippen LogP contribution is 2.34. The molecule has 0 aliphatic carbocycles. The first-order valence-electron chi connectivity index (χ1n) is 6.20. The van der Waals surface area contributed by atoms with Gasteiger partial charge in [-0.3, -0.25) is 0 Å². The molecule has 18 heavy (non-hydrogen) atoms. The third-order valence-electron chi connectivity index (χ3n) is 2.95. The molecular weight excluding hydrogens is 230 g/mol. The number of hydrogen-bond donors (Lipinski definition) is 1. The number of unbranched alkanes of at least 4 members (excludes halogenated alkanes) is 1. The molecule has 0 aromatic heterocycles. The van der Waals surface area contributed by atoms with Gasteiger partial charge in [0.15, 0.2) is 0 Å². The van der Waals surface area contributed by atoms with E-state index in [1.54, 1.807) is 21.3 Å². The van der Waals surface area contributed by atoms with Crippen molar-refractivity contribution < 1.29 is 14.2 Å². The molecule has 0 aliphatic heterocycles. The molecule has 4 heteroatoms. The van der Waals surface area contributed by atoms with Crippen molar-refractivity contribution in [3.8, 4) is 11.5 Å². The molecule has 102 valence electrons. The van der Waals surface area contributed by atoms with Gasteiger partial charge in [0.1, 0.15) is 11.5 Å². The maximum atomic E-state index is 6.23. The number of methoxy groups -OCH3 is 3. The maximum Gasteiger partial charge on any atom is 0.127 e. The lowest BCUT2D eigenvalue weighted by atomic mass is 10.00. The molecule has 2 N–H and O–H groups in total. The van der Waals surface area contributed by atoms with E-state index < -0.39 is 0 Å². The van der Waals surface area contributed by atoms with Gasteiger partial charge in [-0.25, -0.2) is 0 Å². The minimum absolute atomic E-state index is 0.0760. The van der Waals surface area contributed by atoms with Crippen LogP contribution in [0.15, 0.2) is 18.2 Å². The van der Waals surface area contributed by atoms with Gasteiger partial charge in [-0.15, -0.1) is 0 Å². The molecule has 0 heterocycles. The molecule has 1 atom stereocenters. The summed E-state index contributed by atoms with van der Waals surface area (Å²) in [4.78, 5) is 0. The lowest BCUT2D eigenvalue weighted by Crippen LogP contribution is -2.13. The van der Waals surface area contributed by atoms with Crippen molar-refractivity contribution in [3.05, 3.63) is 23.8 Å². The second-order valence-corrected chi connectivity index (χ2v) is 4.17. The predicted octanol–water partition coefficient (Wildman–Crippen LogP) is 2.52. The SMILES string of the molecule is COCCCCC(N)c1c(OC)cccc1OC. The van der Waals surface area contributed by atoms with Crippen molar-refractivity contribution in [2.45, 2.75) is 25.3 Å². The predicted molar refractivity (Wildman–Crippen MR) is 72.2 cm³/mol. The normalized spacial score (nSPS) is 12.2. The molecule has 1 unspecified atom stereocenters. The molecule has 0 saturated heterocycles. The van der Waals surface area contributed by atoms with Gasteiger partial charge in [0.25, 0.3) is 0 Å². The molecule has 0 aliphatic rings. The summed E-state index contributed by atoms with van der Waals surface area (Å²) < 4.78 is 15.7. The monoisotopic (exact) mass is 253 g/mol. The Labute approximate surface area is 109 Å². The molecule has 1 aromatic rings. The van der Waals surface area contributed by atoms with E-state index >= 15 is 0 Å². The average Bonchev–Trinajstić information content (AvgIpc) is 2.42. The minimum Gasteiger partial charge on any atom is -0.496 e. The fourth-order valence-electron chi connectivity index (χ4n) is 2.00. The molecule has 0 radical (unpaired) electrons. The zero-order valence-corrected chi connectivity index (χ0v) is 11.4. The van der Waals surface area contributed by atoms with Gasteiger partial charge in [0, 0.05) is 19.8 Å². The van der Waals surface area contributed by atoms with Crippen molar-refractivity contribution in [3.63, 3.8) is 0 Å². The van der Waals surface area contributed by atoms with Crippen molar-refractivity contribution in [2.75, 3.05) is 27.9 Å². The first-order chi connectivity index (χ1) is 8.74. The summed E-state index contributed by atoms with van der Waals surface area (Å²) in [6.07, 6.45) is 2.93. The van der Waals surface area contributed by atoms with Gasteiger partial charge in [-0.2, -0.15) is 0 Å². The van der Waals surface area contributed by atoms with Crippen LogP contribution >= 0.6 is 0 Å². The van der Waals surface area contributed by atoms with Crippen LogP contribution in [-0.4, -0.2) is 27.9 Å². The Kier molecular flexibility index (Phi) is 6.54. The summed E-state index contributed by atoms with van der Waals surface area (Å²) in [5.74, 6) is 1.57. The standard InChI is InChI=1S/C14H23NO3/c1-16-10-5-4-7-11(15)14-12(17-2)8-6-9-13(14)18-3/h6,8-9,11H,4-5,7,10,15H2,1-3H3. The van der Waals surface area contributed by atoms with Crippen molar-refractivity contribution in [2.24, 2.45) is 5.73 Å². The third kappa shape index (κ3) is 3.89. The minimum atomic E-state index is -0.0760. The Bertz CT molecular complexity index is 333. The van der Waals surface area contributed by atoms with Crippen LogP contribution in [0.3, 0.4) is 0 Å². The summed E-state index contributed by atoms with van der Waals surface area (Å²) >= 11 is 0. The van der Waals surface area contributed by atoms with E-state index in [-0.39, 0.29) is 6.04 Å². The van der Waals surface area contributed by atoms with Crippen LogP contribution < -0.4 is 15.2 Å². The van der Waals surface area contributed by atoms with Gasteiger partial charge in [0.05, 0.1) is 19.8 Å². The molecule has 0 spiro atoms. The van der Waals surface area contributed by atoms with Gasteiger partial charge < -0.3 is 19.9 Å². The van der Waals surface area contributed by atoms with Crippen LogP contribution in [0.25, 0.3) is 0 Å². The zero-order valence-electron chi connectivity index (χ0n) is 11.4. The number of nitrogens with two attached hydrogens (primary N) is 1. The molecule has 0 amide bonds. The smallest absolute Gasteiger partial charge is 0.127 e. The summed E-state index contributed by atoms with van der Waals surface area (Å²) in [5.41, 5.74) is 7.17. The largest absolute Gasteiger partial charge is 0.496 e. The van der Waals surface area contributed by atoms with Crippen LogP contribution in [0.1, 0.15) is 30.9 Å². The Morgan fingerprint density at radius 1 is 1.06 bits per heavy atom. The Balaban J connectivity index is 2.73. The summed E-state index contributed by atoms with van der Waals surface area (Å²) in [7, 11) is 5.01. The maximum absolute atomic E-state index is 6.23. The topological polar surface area (TPSA) is 53.7 Å². The lowest BCUT2D eigenvalue weighted by molar-refractivity contribution is 0.191. The van der Waals surface area contributed by atoms with E-state index in [9.17, 15) is 0 Å². The molecule has 4 nitrogen and oxygen atoms in total. The Morgan fingerprint density at radius 3 is 2.17 bits per heavy atom. The highest BCUT2D eigenvalue weighted by atomic mass is 16.5. The van der Waals surface area contributed by atoms with E-state index in [0.717, 1.165) is 42.9 Å². The highest BCUT2D eigenvalue weighted by molar-refractivity contribution is 5.46. The van der Waals surface area contributed by atoms with E-state index in [1.165, 1.54) is 0 Å². The van der Waals surface area contributed by atoms with Crippen LogP contribution in [0.4, 0.5) is 0 Å². The van der Waals surface area contributed by atoms with Crippen LogP contribution in [0, 0.1) is 0 Å². The molecule has 0 fully saturated rings. The van der Waals surface area contributed by atoms with Crippen LogP contribution in [0.5, 0.6) is 11.5 Å². The average molecular weight is 253 g/mol. The van der Waals surface area contributed by atoms with Crippen molar-refractivity contribution in [1.29, 1.82) is 0 Å². The number of rotatable bonds is 8. The van der Waals surface area contributed by atoms with E-state index in [0.29, 0.717) is 0 Å². The zero-order chi connectivity index (χ0) is 13.4. The third-order valence-corrected chi connectivity index (χ3v) is 2.95. The number of hydrogen-bond acceptors (Lipinski definition) is 4. The fourth-order valence-corrected chi connectivity index (χ4v) is 2.00. The molecule has 0 bridgehead atoms. The molecule has 1 aromatic carbocycles. The van der Waals surface area contributed by atoms with E-state index in [2.05, 4.69) is 0 Å². The van der Waals surface area contributed by atoms with Crippen molar-refractivity contribution in [1.82, 2.24) is 0 Å². The lowest BCUT2D eigenvalue weighted by Gasteiger charge is -2.18. The van der Waals surface area contributed by atoms with Gasteiger partial charge >= 0.3 is 0 Å². The van der Waals surface area contributed by atoms with Crippen LogP contribution in [-0.2, 0) is 4.74 Å². The first kappa shape index (κ1) is 14.8. The van der Waals surface area contributed by atoms with Gasteiger partial charge in [0.2, 0.25) is 0 Å². The second-order valence-electron chi connectivity index (χ2n) is 4.17.